The van der Waals surface area contributed by atoms with Gasteiger partial charge in [-0.2, -0.15) is 0 Å². The van der Waals surface area contributed by atoms with E-state index < -0.39 is 5.97 Å². The second-order valence-corrected chi connectivity index (χ2v) is 5.25. The number of carboxylic acids is 1. The summed E-state index contributed by atoms with van der Waals surface area (Å²) >= 11 is 0. The Balaban J connectivity index is 2.05. The lowest BCUT2D eigenvalue weighted by Crippen LogP contribution is -2.13. The van der Waals surface area contributed by atoms with E-state index in [-0.39, 0.29) is 12.3 Å². The van der Waals surface area contributed by atoms with Gasteiger partial charge in [0, 0.05) is 6.42 Å². The van der Waals surface area contributed by atoms with Crippen LogP contribution in [0.2, 0.25) is 0 Å². The van der Waals surface area contributed by atoms with E-state index in [2.05, 4.69) is 36.4 Å². The minimum atomic E-state index is -0.703. The first-order valence-electron chi connectivity index (χ1n) is 6.39. The summed E-state index contributed by atoms with van der Waals surface area (Å²) in [6.45, 7) is 2.05. The van der Waals surface area contributed by atoms with Gasteiger partial charge in [-0.05, 0) is 40.2 Å². The van der Waals surface area contributed by atoms with Gasteiger partial charge in [0.05, 0.1) is 0 Å². The molecule has 0 aliphatic heterocycles. The number of aliphatic carboxylic acids is 1. The first-order chi connectivity index (χ1) is 8.66. The van der Waals surface area contributed by atoms with E-state index in [9.17, 15) is 4.79 Å². The molecule has 0 amide bonds. The van der Waals surface area contributed by atoms with Gasteiger partial charge in [-0.25, -0.2) is 0 Å². The molecule has 1 aliphatic rings. The molecule has 0 fully saturated rings. The van der Waals surface area contributed by atoms with E-state index in [1.54, 1.807) is 0 Å². The highest BCUT2D eigenvalue weighted by Crippen LogP contribution is 2.42. The predicted octanol–water partition coefficient (Wildman–Crippen LogP) is 3.59. The lowest BCUT2D eigenvalue weighted by molar-refractivity contribution is -0.138. The van der Waals surface area contributed by atoms with Crippen LogP contribution in [-0.4, -0.2) is 11.1 Å². The molecule has 3 rings (SSSR count). The summed E-state index contributed by atoms with van der Waals surface area (Å²) in [7, 11) is 0. The van der Waals surface area contributed by atoms with Gasteiger partial charge in [0.1, 0.15) is 0 Å². The second kappa shape index (κ2) is 4.13. The maximum Gasteiger partial charge on any atom is 0.303 e. The van der Waals surface area contributed by atoms with Crippen molar-refractivity contribution >= 4 is 16.7 Å². The minimum Gasteiger partial charge on any atom is -0.481 e. The number of carbonyl (C=O) groups is 1. The number of carboxylic acid groups (broad SMARTS) is 1. The fraction of sp³-hybridized carbons (Fsp3) is 0.312. The standard InChI is InChI=1S/C16H16O2/c1-10(8-15(17)18)14-9-12-6-2-4-11-5-3-7-13(14)16(11)12/h2-7,10,14H,8-9H2,1H3,(H,17,18). The molecule has 18 heavy (non-hydrogen) atoms. The molecule has 2 atom stereocenters. The number of rotatable bonds is 3. The molecule has 92 valence electrons. The van der Waals surface area contributed by atoms with Crippen LogP contribution in [0.4, 0.5) is 0 Å². The van der Waals surface area contributed by atoms with Crippen LogP contribution in [-0.2, 0) is 11.2 Å². The molecule has 0 spiro atoms. The summed E-state index contributed by atoms with van der Waals surface area (Å²) in [5.41, 5.74) is 2.70. The summed E-state index contributed by atoms with van der Waals surface area (Å²) in [4.78, 5) is 10.9. The fourth-order valence-electron chi connectivity index (χ4n) is 3.20. The minimum absolute atomic E-state index is 0.181. The lowest BCUT2D eigenvalue weighted by Gasteiger charge is -2.18. The van der Waals surface area contributed by atoms with Gasteiger partial charge in [0.25, 0.3) is 0 Å². The van der Waals surface area contributed by atoms with E-state index >= 15 is 0 Å². The number of hydrogen-bond acceptors (Lipinski definition) is 1. The van der Waals surface area contributed by atoms with Gasteiger partial charge < -0.3 is 5.11 Å². The zero-order chi connectivity index (χ0) is 12.7. The monoisotopic (exact) mass is 240 g/mol. The largest absolute Gasteiger partial charge is 0.481 e. The predicted molar refractivity (Wildman–Crippen MR) is 71.8 cm³/mol. The first-order valence-corrected chi connectivity index (χ1v) is 6.39. The van der Waals surface area contributed by atoms with Gasteiger partial charge in [0.15, 0.2) is 0 Å². The van der Waals surface area contributed by atoms with Crippen molar-refractivity contribution in [3.05, 3.63) is 47.5 Å². The van der Waals surface area contributed by atoms with Gasteiger partial charge in [-0.15, -0.1) is 0 Å². The summed E-state index contributed by atoms with van der Waals surface area (Å²) in [6.07, 6.45) is 1.22. The van der Waals surface area contributed by atoms with E-state index in [1.165, 1.54) is 21.9 Å². The van der Waals surface area contributed by atoms with Crippen LogP contribution < -0.4 is 0 Å². The van der Waals surface area contributed by atoms with Gasteiger partial charge in [-0.1, -0.05) is 43.3 Å². The molecule has 2 aromatic carbocycles. The van der Waals surface area contributed by atoms with Gasteiger partial charge in [-0.3, -0.25) is 4.79 Å². The van der Waals surface area contributed by atoms with Gasteiger partial charge in [0.2, 0.25) is 0 Å². The van der Waals surface area contributed by atoms with Crippen molar-refractivity contribution in [3.8, 4) is 0 Å². The highest BCUT2D eigenvalue weighted by atomic mass is 16.4. The van der Waals surface area contributed by atoms with E-state index in [1.807, 2.05) is 6.92 Å². The molecule has 0 saturated carbocycles. The molecule has 1 N–H and O–H groups in total. The maximum atomic E-state index is 10.9. The van der Waals surface area contributed by atoms with Crippen LogP contribution in [0.25, 0.3) is 10.8 Å². The van der Waals surface area contributed by atoms with E-state index in [0.29, 0.717) is 5.92 Å². The third-order valence-electron chi connectivity index (χ3n) is 4.05. The topological polar surface area (TPSA) is 37.3 Å². The molecule has 2 nitrogen and oxygen atoms in total. The Morgan fingerprint density at radius 1 is 1.33 bits per heavy atom. The molecule has 2 unspecified atom stereocenters. The van der Waals surface area contributed by atoms with E-state index in [0.717, 1.165) is 6.42 Å². The van der Waals surface area contributed by atoms with E-state index in [4.69, 9.17) is 5.11 Å². The molecule has 0 aromatic heterocycles. The highest BCUT2D eigenvalue weighted by Gasteiger charge is 2.29. The van der Waals surface area contributed by atoms with Crippen molar-refractivity contribution in [2.24, 2.45) is 5.92 Å². The zero-order valence-corrected chi connectivity index (χ0v) is 10.4. The molecular formula is C16H16O2. The molecule has 2 heteroatoms. The van der Waals surface area contributed by atoms with Crippen LogP contribution in [0, 0.1) is 5.92 Å². The van der Waals surface area contributed by atoms with Crippen LogP contribution in [0.15, 0.2) is 36.4 Å². The Labute approximate surface area is 106 Å². The molecule has 0 saturated heterocycles. The Kier molecular flexibility index (Phi) is 2.58. The molecule has 0 heterocycles. The third kappa shape index (κ3) is 1.69. The van der Waals surface area contributed by atoms with Crippen molar-refractivity contribution in [1.29, 1.82) is 0 Å². The summed E-state index contributed by atoms with van der Waals surface area (Å²) in [6, 6.07) is 12.7. The first kappa shape index (κ1) is 11.3. The Morgan fingerprint density at radius 2 is 2.06 bits per heavy atom. The quantitative estimate of drug-likeness (QED) is 0.890. The van der Waals surface area contributed by atoms with Crippen molar-refractivity contribution in [2.75, 3.05) is 0 Å². The second-order valence-electron chi connectivity index (χ2n) is 5.25. The molecule has 0 radical (unpaired) electrons. The van der Waals surface area contributed by atoms with Crippen LogP contribution in [0.3, 0.4) is 0 Å². The zero-order valence-electron chi connectivity index (χ0n) is 10.4. The van der Waals surface area contributed by atoms with Crippen molar-refractivity contribution in [1.82, 2.24) is 0 Å². The van der Waals surface area contributed by atoms with Crippen molar-refractivity contribution in [3.63, 3.8) is 0 Å². The Morgan fingerprint density at radius 3 is 2.78 bits per heavy atom. The summed E-state index contributed by atoms with van der Waals surface area (Å²) in [5, 5.41) is 11.6. The van der Waals surface area contributed by atoms with Crippen LogP contribution in [0.1, 0.15) is 30.4 Å². The maximum absolute atomic E-state index is 10.9. The summed E-state index contributed by atoms with van der Waals surface area (Å²) in [5.74, 6) is -0.173. The summed E-state index contributed by atoms with van der Waals surface area (Å²) < 4.78 is 0. The smallest absolute Gasteiger partial charge is 0.303 e. The highest BCUT2D eigenvalue weighted by molar-refractivity contribution is 5.91. The average molecular weight is 240 g/mol. The van der Waals surface area contributed by atoms with Crippen LogP contribution >= 0.6 is 0 Å². The lowest BCUT2D eigenvalue weighted by atomic mass is 9.86. The normalized spacial score (nSPS) is 19.1. The number of benzene rings is 2. The van der Waals surface area contributed by atoms with Gasteiger partial charge >= 0.3 is 5.97 Å². The fourth-order valence-corrected chi connectivity index (χ4v) is 3.20. The SMILES string of the molecule is CC(CC(=O)O)C1Cc2cccc3cccc1c23. The van der Waals surface area contributed by atoms with Crippen LogP contribution in [0.5, 0.6) is 0 Å². The van der Waals surface area contributed by atoms with Crippen molar-refractivity contribution < 1.29 is 9.90 Å². The molecule has 0 bridgehead atoms. The third-order valence-corrected chi connectivity index (χ3v) is 4.05. The van der Waals surface area contributed by atoms with Crippen molar-refractivity contribution in [2.45, 2.75) is 25.7 Å². The number of hydrogen-bond donors (Lipinski definition) is 1. The molecular weight excluding hydrogens is 224 g/mol. The Hall–Kier alpha value is -1.83. The molecule has 2 aromatic rings. The average Bonchev–Trinajstić information content (AvgIpc) is 2.70. The molecule has 1 aliphatic carbocycles. The Bertz CT molecular complexity index is 610.